The van der Waals surface area contributed by atoms with Crippen molar-refractivity contribution in [2.24, 2.45) is 0 Å². The van der Waals surface area contributed by atoms with E-state index in [1.807, 2.05) is 18.2 Å². The second-order valence-electron chi connectivity index (χ2n) is 4.48. The van der Waals surface area contributed by atoms with Crippen LogP contribution in [0.25, 0.3) is 6.08 Å². The van der Waals surface area contributed by atoms with Crippen molar-refractivity contribution in [3.8, 4) is 5.75 Å². The minimum Gasteiger partial charge on any atom is -0.488 e. The van der Waals surface area contributed by atoms with Gasteiger partial charge in [-0.15, -0.1) is 0 Å². The van der Waals surface area contributed by atoms with Gasteiger partial charge < -0.3 is 10.5 Å². The summed E-state index contributed by atoms with van der Waals surface area (Å²) in [5.41, 5.74) is 6.66. The Bertz CT molecular complexity index is 780. The van der Waals surface area contributed by atoms with Crippen LogP contribution in [-0.2, 0) is 9.84 Å². The van der Waals surface area contributed by atoms with Crippen LogP contribution in [0.3, 0.4) is 0 Å². The fraction of sp³-hybridized carbons (Fsp3) is 0.0667. The van der Waals surface area contributed by atoms with Crippen molar-refractivity contribution in [1.29, 1.82) is 0 Å². The molecule has 2 aromatic rings. The van der Waals surface area contributed by atoms with Crippen LogP contribution in [0.15, 0.2) is 58.3 Å². The second kappa shape index (κ2) is 4.68. The van der Waals surface area contributed by atoms with Gasteiger partial charge in [-0.05, 0) is 29.8 Å². The van der Waals surface area contributed by atoms with E-state index in [1.54, 1.807) is 36.4 Å². The van der Waals surface area contributed by atoms with Gasteiger partial charge in [0.15, 0.2) is 0 Å². The summed E-state index contributed by atoms with van der Waals surface area (Å²) < 4.78 is 30.3. The molecule has 2 N–H and O–H groups in total. The van der Waals surface area contributed by atoms with Gasteiger partial charge in [-0.2, -0.15) is 0 Å². The van der Waals surface area contributed by atoms with Crippen LogP contribution < -0.4 is 10.5 Å². The number of nitrogens with two attached hydrogens (primary N) is 1. The molecule has 1 heterocycles. The van der Waals surface area contributed by atoms with Crippen LogP contribution in [0.2, 0.25) is 0 Å². The van der Waals surface area contributed by atoms with Gasteiger partial charge in [-0.3, -0.25) is 0 Å². The molecule has 0 amide bonds. The van der Waals surface area contributed by atoms with Gasteiger partial charge in [-0.1, -0.05) is 30.3 Å². The highest BCUT2D eigenvalue weighted by Crippen LogP contribution is 2.36. The van der Waals surface area contributed by atoms with Crippen LogP contribution in [0.1, 0.15) is 5.56 Å². The summed E-state index contributed by atoms with van der Waals surface area (Å²) in [5.74, 6) is 0.632. The maximum Gasteiger partial charge on any atom is 0.208 e. The normalized spacial score (nSPS) is 15.5. The summed E-state index contributed by atoms with van der Waals surface area (Å²) in [4.78, 5) is 0.418. The Morgan fingerprint density at radius 2 is 1.75 bits per heavy atom. The van der Waals surface area contributed by atoms with Crippen molar-refractivity contribution in [3.05, 3.63) is 59.0 Å². The molecule has 0 unspecified atom stereocenters. The van der Waals surface area contributed by atoms with E-state index in [9.17, 15) is 8.42 Å². The fourth-order valence-corrected chi connectivity index (χ4v) is 3.74. The molecule has 0 saturated carbocycles. The monoisotopic (exact) mass is 287 g/mol. The molecule has 5 heteroatoms. The maximum atomic E-state index is 12.4. The number of sulfone groups is 1. The third-order valence-corrected chi connectivity index (χ3v) is 5.07. The van der Waals surface area contributed by atoms with Gasteiger partial charge in [0.2, 0.25) is 9.84 Å². The molecular formula is C15H13NO3S. The summed E-state index contributed by atoms with van der Waals surface area (Å²) in [6.07, 6.45) is 1.62. The number of nitrogen functional groups attached to an aromatic ring is 1. The summed E-state index contributed by atoms with van der Waals surface area (Å²) in [6.45, 7) is 0.000463. The molecule has 0 spiro atoms. The number of hydrogen-bond acceptors (Lipinski definition) is 4. The average Bonchev–Trinajstić information content (AvgIpc) is 2.70. The molecule has 0 aromatic heterocycles. The lowest BCUT2D eigenvalue weighted by Crippen LogP contribution is -2.10. The zero-order valence-electron chi connectivity index (χ0n) is 10.6. The molecule has 3 rings (SSSR count). The van der Waals surface area contributed by atoms with Crippen molar-refractivity contribution >= 4 is 21.6 Å². The summed E-state index contributed by atoms with van der Waals surface area (Å²) in [5, 5.41) is 0. The van der Waals surface area contributed by atoms with E-state index in [2.05, 4.69) is 0 Å². The van der Waals surface area contributed by atoms with Crippen LogP contribution in [-0.4, -0.2) is 15.0 Å². The number of hydrogen-bond donors (Lipinski definition) is 1. The molecule has 1 aliphatic heterocycles. The van der Waals surface area contributed by atoms with E-state index < -0.39 is 9.84 Å². The minimum atomic E-state index is -3.54. The molecule has 0 saturated heterocycles. The van der Waals surface area contributed by atoms with Crippen molar-refractivity contribution in [3.63, 3.8) is 0 Å². The number of ether oxygens (including phenoxy) is 1. The lowest BCUT2D eigenvalue weighted by molar-refractivity contribution is 0.359. The van der Waals surface area contributed by atoms with Gasteiger partial charge >= 0.3 is 0 Å². The summed E-state index contributed by atoms with van der Waals surface area (Å²) in [7, 11) is -3.54. The van der Waals surface area contributed by atoms with Gasteiger partial charge in [0, 0.05) is 0 Å². The quantitative estimate of drug-likeness (QED) is 0.880. The third kappa shape index (κ3) is 2.06. The standard InChI is InChI=1S/C15H13NO3S/c16-14-8-4-5-11-9-13(20(17,18)15(11)14)10-19-12-6-2-1-3-7-12/h1-9H,10,16H2. The van der Waals surface area contributed by atoms with Gasteiger partial charge in [0.25, 0.3) is 0 Å². The van der Waals surface area contributed by atoms with E-state index in [0.717, 1.165) is 0 Å². The number of rotatable bonds is 3. The van der Waals surface area contributed by atoms with Crippen LogP contribution in [0, 0.1) is 0 Å². The third-order valence-electron chi connectivity index (χ3n) is 3.13. The second-order valence-corrected chi connectivity index (χ2v) is 6.42. The van der Waals surface area contributed by atoms with Gasteiger partial charge in [-0.25, -0.2) is 8.42 Å². The number of para-hydroxylation sites is 1. The first-order valence-corrected chi connectivity index (χ1v) is 7.59. The molecular weight excluding hydrogens is 274 g/mol. The van der Waals surface area contributed by atoms with E-state index >= 15 is 0 Å². The zero-order chi connectivity index (χ0) is 14.2. The zero-order valence-corrected chi connectivity index (χ0v) is 11.4. The molecule has 1 aliphatic rings. The molecule has 20 heavy (non-hydrogen) atoms. The lowest BCUT2D eigenvalue weighted by Gasteiger charge is -2.08. The fourth-order valence-electron chi connectivity index (χ4n) is 2.17. The number of benzene rings is 2. The molecule has 2 aromatic carbocycles. The van der Waals surface area contributed by atoms with E-state index in [-0.39, 0.29) is 22.1 Å². The van der Waals surface area contributed by atoms with Crippen molar-refractivity contribution in [2.45, 2.75) is 4.90 Å². The van der Waals surface area contributed by atoms with Crippen LogP contribution >= 0.6 is 0 Å². The Morgan fingerprint density at radius 3 is 2.45 bits per heavy atom. The first kappa shape index (κ1) is 12.7. The Kier molecular flexibility index (Phi) is 2.99. The molecule has 4 nitrogen and oxygen atoms in total. The highest BCUT2D eigenvalue weighted by molar-refractivity contribution is 7.96. The SMILES string of the molecule is Nc1cccc2c1S(=O)(=O)C(COc1ccccc1)=C2. The van der Waals surface area contributed by atoms with Crippen molar-refractivity contribution < 1.29 is 13.2 Å². The first-order valence-electron chi connectivity index (χ1n) is 6.11. The Balaban J connectivity index is 1.89. The Labute approximate surface area is 117 Å². The maximum absolute atomic E-state index is 12.4. The molecule has 102 valence electrons. The largest absolute Gasteiger partial charge is 0.488 e. The first-order chi connectivity index (χ1) is 9.59. The predicted molar refractivity (Wildman–Crippen MR) is 78.0 cm³/mol. The smallest absolute Gasteiger partial charge is 0.208 e. The minimum absolute atomic E-state index is 0.000463. The Morgan fingerprint density at radius 1 is 1.00 bits per heavy atom. The van der Waals surface area contributed by atoms with Crippen molar-refractivity contribution in [2.75, 3.05) is 12.3 Å². The number of anilines is 1. The molecule has 0 atom stereocenters. The molecule has 0 fully saturated rings. The molecule has 0 radical (unpaired) electrons. The van der Waals surface area contributed by atoms with Gasteiger partial charge in [0.05, 0.1) is 10.6 Å². The van der Waals surface area contributed by atoms with Crippen LogP contribution in [0.4, 0.5) is 5.69 Å². The van der Waals surface area contributed by atoms with Crippen molar-refractivity contribution in [1.82, 2.24) is 0 Å². The Hall–Kier alpha value is -2.27. The summed E-state index contributed by atoms with van der Waals surface area (Å²) >= 11 is 0. The number of fused-ring (bicyclic) bond motifs is 1. The topological polar surface area (TPSA) is 69.4 Å². The highest BCUT2D eigenvalue weighted by atomic mass is 32.2. The van der Waals surface area contributed by atoms with Crippen LogP contribution in [0.5, 0.6) is 5.75 Å². The predicted octanol–water partition coefficient (Wildman–Crippen LogP) is 2.48. The lowest BCUT2D eigenvalue weighted by atomic mass is 10.2. The highest BCUT2D eigenvalue weighted by Gasteiger charge is 2.31. The van der Waals surface area contributed by atoms with E-state index in [1.165, 1.54) is 0 Å². The summed E-state index contributed by atoms with van der Waals surface area (Å²) in [6, 6.07) is 14.2. The van der Waals surface area contributed by atoms with Gasteiger partial charge in [0.1, 0.15) is 17.3 Å². The van der Waals surface area contributed by atoms with E-state index in [4.69, 9.17) is 10.5 Å². The molecule has 0 aliphatic carbocycles. The average molecular weight is 287 g/mol. The van der Waals surface area contributed by atoms with E-state index in [0.29, 0.717) is 11.3 Å². The molecule has 0 bridgehead atoms.